The largest absolute Gasteiger partial charge is 0.502 e. The van der Waals surface area contributed by atoms with Crippen LogP contribution in [0, 0.1) is 6.92 Å². The highest BCUT2D eigenvalue weighted by molar-refractivity contribution is 5.78. The van der Waals surface area contributed by atoms with Crippen LogP contribution in [0.25, 0.3) is 11.0 Å². The highest BCUT2D eigenvalue weighted by Crippen LogP contribution is 2.17. The van der Waals surface area contributed by atoms with Crippen molar-refractivity contribution in [3.05, 3.63) is 40.2 Å². The summed E-state index contributed by atoms with van der Waals surface area (Å²) >= 11 is 0. The molecule has 1 heterocycles. The van der Waals surface area contributed by atoms with Crippen LogP contribution in [0.2, 0.25) is 0 Å². The quantitative estimate of drug-likeness (QED) is 0.623. The molecule has 2 rings (SSSR count). The predicted molar refractivity (Wildman–Crippen MR) is 48.9 cm³/mol. The van der Waals surface area contributed by atoms with E-state index in [0.29, 0.717) is 5.58 Å². The van der Waals surface area contributed by atoms with Crippen molar-refractivity contribution in [2.45, 2.75) is 6.92 Å². The summed E-state index contributed by atoms with van der Waals surface area (Å²) in [5.41, 5.74) is 0.822. The SMILES string of the molecule is Cc1ccc2cc(O)c(=O)oc2c1. The fourth-order valence-corrected chi connectivity index (χ4v) is 1.21. The summed E-state index contributed by atoms with van der Waals surface area (Å²) in [5.74, 6) is -0.351. The minimum atomic E-state index is -0.696. The molecule has 0 bridgehead atoms. The number of rotatable bonds is 0. The van der Waals surface area contributed by atoms with E-state index in [1.165, 1.54) is 6.07 Å². The zero-order valence-electron chi connectivity index (χ0n) is 7.07. The Labute approximate surface area is 74.2 Å². The molecule has 0 saturated heterocycles. The van der Waals surface area contributed by atoms with Crippen molar-refractivity contribution in [2.75, 3.05) is 0 Å². The number of aromatic hydroxyl groups is 1. The van der Waals surface area contributed by atoms with E-state index in [1.807, 2.05) is 13.0 Å². The van der Waals surface area contributed by atoms with E-state index in [1.54, 1.807) is 12.1 Å². The van der Waals surface area contributed by atoms with Crippen LogP contribution in [-0.4, -0.2) is 5.11 Å². The van der Waals surface area contributed by atoms with Gasteiger partial charge in [0.05, 0.1) is 0 Å². The van der Waals surface area contributed by atoms with Gasteiger partial charge in [-0.2, -0.15) is 0 Å². The van der Waals surface area contributed by atoms with Crippen molar-refractivity contribution in [1.29, 1.82) is 0 Å². The van der Waals surface area contributed by atoms with Crippen LogP contribution in [-0.2, 0) is 0 Å². The van der Waals surface area contributed by atoms with Crippen molar-refractivity contribution in [2.24, 2.45) is 0 Å². The maximum absolute atomic E-state index is 10.9. The summed E-state index contributed by atoms with van der Waals surface area (Å²) in [7, 11) is 0. The Balaban J connectivity index is 2.89. The van der Waals surface area contributed by atoms with Gasteiger partial charge in [0, 0.05) is 5.39 Å². The summed E-state index contributed by atoms with van der Waals surface area (Å²) in [6.07, 6.45) is 0. The molecule has 3 nitrogen and oxygen atoms in total. The Morgan fingerprint density at radius 2 is 2.08 bits per heavy atom. The van der Waals surface area contributed by atoms with Crippen molar-refractivity contribution < 1.29 is 9.52 Å². The fourth-order valence-electron chi connectivity index (χ4n) is 1.21. The van der Waals surface area contributed by atoms with Gasteiger partial charge in [0.1, 0.15) is 5.58 Å². The molecule has 3 heteroatoms. The van der Waals surface area contributed by atoms with Crippen LogP contribution in [0.3, 0.4) is 0 Å². The first-order valence-electron chi connectivity index (χ1n) is 3.90. The van der Waals surface area contributed by atoms with Gasteiger partial charge in [0.2, 0.25) is 5.75 Å². The van der Waals surface area contributed by atoms with Crippen LogP contribution >= 0.6 is 0 Å². The maximum Gasteiger partial charge on any atom is 0.378 e. The van der Waals surface area contributed by atoms with Gasteiger partial charge in [0.15, 0.2) is 0 Å². The number of hydrogen-bond donors (Lipinski definition) is 1. The van der Waals surface area contributed by atoms with Gasteiger partial charge in [-0.05, 0) is 24.6 Å². The molecule has 0 radical (unpaired) electrons. The molecule has 2 aromatic rings. The van der Waals surface area contributed by atoms with Crippen LogP contribution in [0.4, 0.5) is 0 Å². The minimum Gasteiger partial charge on any atom is -0.502 e. The lowest BCUT2D eigenvalue weighted by molar-refractivity contribution is 0.428. The van der Waals surface area contributed by atoms with Gasteiger partial charge < -0.3 is 9.52 Å². The molecule has 0 aliphatic carbocycles. The second-order valence-electron chi connectivity index (χ2n) is 2.96. The Morgan fingerprint density at radius 3 is 2.85 bits per heavy atom. The van der Waals surface area contributed by atoms with E-state index in [9.17, 15) is 4.79 Å². The molecule has 0 fully saturated rings. The van der Waals surface area contributed by atoms with Gasteiger partial charge >= 0.3 is 5.63 Å². The number of fused-ring (bicyclic) bond motifs is 1. The van der Waals surface area contributed by atoms with Gasteiger partial charge in [0.25, 0.3) is 0 Å². The lowest BCUT2D eigenvalue weighted by atomic mass is 10.2. The molecule has 0 saturated carbocycles. The summed E-state index contributed by atoms with van der Waals surface area (Å²) in [5, 5.41) is 9.81. The predicted octanol–water partition coefficient (Wildman–Crippen LogP) is 1.81. The first-order chi connectivity index (χ1) is 6.16. The van der Waals surface area contributed by atoms with Gasteiger partial charge in [-0.1, -0.05) is 12.1 Å². The van der Waals surface area contributed by atoms with E-state index in [2.05, 4.69) is 0 Å². The Kier molecular flexibility index (Phi) is 1.59. The average molecular weight is 176 g/mol. The molecule has 66 valence electrons. The van der Waals surface area contributed by atoms with Crippen molar-refractivity contribution >= 4 is 11.0 Å². The number of benzene rings is 1. The molecular formula is C10H8O3. The molecule has 0 atom stereocenters. The zero-order valence-corrected chi connectivity index (χ0v) is 7.07. The average Bonchev–Trinajstić information content (AvgIpc) is 2.08. The molecular weight excluding hydrogens is 168 g/mol. The molecule has 0 aliphatic heterocycles. The minimum absolute atomic E-state index is 0.351. The lowest BCUT2D eigenvalue weighted by Crippen LogP contribution is -1.96. The maximum atomic E-state index is 10.9. The third kappa shape index (κ3) is 1.28. The van der Waals surface area contributed by atoms with E-state index in [4.69, 9.17) is 9.52 Å². The van der Waals surface area contributed by atoms with Gasteiger partial charge in [-0.15, -0.1) is 0 Å². The fraction of sp³-hybridized carbons (Fsp3) is 0.100. The first-order valence-corrected chi connectivity index (χ1v) is 3.90. The smallest absolute Gasteiger partial charge is 0.378 e. The van der Waals surface area contributed by atoms with Crippen LogP contribution in [0.1, 0.15) is 5.56 Å². The zero-order chi connectivity index (χ0) is 9.42. The summed E-state index contributed by atoms with van der Waals surface area (Å²) in [4.78, 5) is 10.9. The monoisotopic (exact) mass is 176 g/mol. The molecule has 0 spiro atoms. The summed E-state index contributed by atoms with van der Waals surface area (Å²) in [6, 6.07) is 6.85. The molecule has 1 aromatic carbocycles. The van der Waals surface area contributed by atoms with Crippen LogP contribution in [0.15, 0.2) is 33.5 Å². The number of hydrogen-bond acceptors (Lipinski definition) is 3. The summed E-state index contributed by atoms with van der Waals surface area (Å²) in [6.45, 7) is 1.91. The molecule has 0 unspecified atom stereocenters. The Bertz CT molecular complexity index is 511. The first kappa shape index (κ1) is 7.86. The molecule has 13 heavy (non-hydrogen) atoms. The molecule has 1 aromatic heterocycles. The van der Waals surface area contributed by atoms with E-state index < -0.39 is 5.63 Å². The highest BCUT2D eigenvalue weighted by atomic mass is 16.4. The van der Waals surface area contributed by atoms with E-state index in [-0.39, 0.29) is 5.75 Å². The normalized spacial score (nSPS) is 10.5. The van der Waals surface area contributed by atoms with Crippen molar-refractivity contribution in [3.8, 4) is 5.75 Å². The second-order valence-corrected chi connectivity index (χ2v) is 2.96. The van der Waals surface area contributed by atoms with E-state index >= 15 is 0 Å². The topological polar surface area (TPSA) is 50.4 Å². The van der Waals surface area contributed by atoms with E-state index in [0.717, 1.165) is 10.9 Å². The third-order valence-electron chi connectivity index (χ3n) is 1.87. The van der Waals surface area contributed by atoms with Crippen molar-refractivity contribution in [1.82, 2.24) is 0 Å². The standard InChI is InChI=1S/C10H8O3/c1-6-2-3-7-5-8(11)10(12)13-9(7)4-6/h2-5,11H,1H3. The lowest BCUT2D eigenvalue weighted by Gasteiger charge is -1.97. The van der Waals surface area contributed by atoms with Crippen LogP contribution < -0.4 is 5.63 Å². The number of aryl methyl sites for hydroxylation is 1. The Hall–Kier alpha value is -1.77. The third-order valence-corrected chi connectivity index (χ3v) is 1.87. The van der Waals surface area contributed by atoms with Gasteiger partial charge in [-0.25, -0.2) is 4.79 Å². The molecule has 0 amide bonds. The van der Waals surface area contributed by atoms with Crippen molar-refractivity contribution in [3.63, 3.8) is 0 Å². The molecule has 0 aliphatic rings. The highest BCUT2D eigenvalue weighted by Gasteiger charge is 2.02. The molecule has 1 N–H and O–H groups in total. The van der Waals surface area contributed by atoms with Crippen LogP contribution in [0.5, 0.6) is 5.75 Å². The van der Waals surface area contributed by atoms with Gasteiger partial charge in [-0.3, -0.25) is 0 Å². The summed E-state index contributed by atoms with van der Waals surface area (Å²) < 4.78 is 4.87. The Morgan fingerprint density at radius 1 is 1.31 bits per heavy atom. The second kappa shape index (κ2) is 2.62.